The normalized spacial score (nSPS) is 19.8. The Morgan fingerprint density at radius 1 is 1.10 bits per heavy atom. The number of aromatic nitrogens is 7. The molecule has 2 unspecified atom stereocenters. The number of anilines is 2. The molecule has 198 valence electrons. The zero-order valence-electron chi connectivity index (χ0n) is 22.2. The number of piperidine rings is 1. The molecule has 10 nitrogen and oxygen atoms in total. The molecule has 5 aromatic heterocycles. The van der Waals surface area contributed by atoms with Gasteiger partial charge < -0.3 is 16.4 Å². The lowest BCUT2D eigenvalue weighted by Crippen LogP contribution is -2.47. The molecular formula is C29H32N10. The Morgan fingerprint density at radius 2 is 2.00 bits per heavy atom. The molecule has 1 aliphatic heterocycles. The molecule has 1 saturated heterocycles. The summed E-state index contributed by atoms with van der Waals surface area (Å²) in [6.45, 7) is 6.50. The molecule has 0 amide bonds. The lowest BCUT2D eigenvalue weighted by atomic mass is 9.70. The fraction of sp³-hybridized carbons (Fsp3) is 0.379. The maximum absolute atomic E-state index is 7.13. The largest absolute Gasteiger partial charge is 0.322 e. The first-order chi connectivity index (χ1) is 19.0. The van der Waals surface area contributed by atoms with Gasteiger partial charge in [-0.1, -0.05) is 19.9 Å². The summed E-state index contributed by atoms with van der Waals surface area (Å²) in [5.74, 6) is 2.50. The van der Waals surface area contributed by atoms with E-state index in [1.54, 1.807) is 10.7 Å². The Labute approximate surface area is 226 Å². The van der Waals surface area contributed by atoms with Gasteiger partial charge >= 0.3 is 0 Å². The van der Waals surface area contributed by atoms with Gasteiger partial charge in [-0.25, -0.2) is 19.5 Å². The van der Waals surface area contributed by atoms with Gasteiger partial charge in [0.05, 0.1) is 23.4 Å². The SMILES string of the molecule is CC1(C)CNCCC1C(N)c1nc(-c2ccnc(Nc3nc4ccccn4n3)c2)nc2cncc(C3CC3)c12. The number of fused-ring (bicyclic) bond motifs is 2. The first-order valence-electron chi connectivity index (χ1n) is 13.6. The van der Waals surface area contributed by atoms with Crippen LogP contribution in [0.3, 0.4) is 0 Å². The van der Waals surface area contributed by atoms with Crippen LogP contribution < -0.4 is 16.4 Å². The van der Waals surface area contributed by atoms with Gasteiger partial charge in [0, 0.05) is 36.1 Å². The predicted molar refractivity (Wildman–Crippen MR) is 150 cm³/mol. The first kappa shape index (κ1) is 24.1. The van der Waals surface area contributed by atoms with Crippen LogP contribution in [0.15, 0.2) is 55.1 Å². The number of nitrogens with one attached hydrogen (secondary N) is 2. The second kappa shape index (κ2) is 9.32. The average Bonchev–Trinajstić information content (AvgIpc) is 3.71. The molecule has 7 rings (SSSR count). The van der Waals surface area contributed by atoms with Crippen LogP contribution in [0.25, 0.3) is 27.9 Å². The van der Waals surface area contributed by atoms with Gasteiger partial charge in [-0.05, 0) is 72.9 Å². The van der Waals surface area contributed by atoms with Crippen LogP contribution in [0.4, 0.5) is 11.8 Å². The molecule has 0 radical (unpaired) electrons. The minimum absolute atomic E-state index is 0.0523. The van der Waals surface area contributed by atoms with Crippen molar-refractivity contribution in [3.63, 3.8) is 0 Å². The molecule has 0 bridgehead atoms. The van der Waals surface area contributed by atoms with E-state index in [-0.39, 0.29) is 11.5 Å². The fourth-order valence-corrected chi connectivity index (χ4v) is 5.90. The summed E-state index contributed by atoms with van der Waals surface area (Å²) in [5.41, 5.74) is 11.8. The highest BCUT2D eigenvalue weighted by Crippen LogP contribution is 2.46. The quantitative estimate of drug-likeness (QED) is 0.298. The van der Waals surface area contributed by atoms with Gasteiger partial charge in [0.15, 0.2) is 11.5 Å². The van der Waals surface area contributed by atoms with Crippen molar-refractivity contribution in [2.24, 2.45) is 17.1 Å². The third-order valence-corrected chi connectivity index (χ3v) is 8.15. The highest BCUT2D eigenvalue weighted by atomic mass is 15.3. The highest BCUT2D eigenvalue weighted by molar-refractivity contribution is 5.86. The van der Waals surface area contributed by atoms with Crippen molar-refractivity contribution in [3.8, 4) is 11.4 Å². The van der Waals surface area contributed by atoms with E-state index < -0.39 is 0 Å². The second-order valence-corrected chi connectivity index (χ2v) is 11.4. The molecule has 0 spiro atoms. The van der Waals surface area contributed by atoms with E-state index in [1.165, 1.54) is 18.4 Å². The standard InChI is InChI=1S/C29H32N10/c1-29(2)16-31-10-9-20(29)25(30)26-24-19(17-6-7-17)14-32-15-21(24)34-27(37-26)18-8-11-33-22(13-18)35-28-36-23-5-3-4-12-39(23)38-28/h3-5,8,11-15,17,20,25,31H,6-7,9-10,16,30H2,1-2H3,(H,33,35,38). The van der Waals surface area contributed by atoms with Crippen molar-refractivity contribution in [1.29, 1.82) is 0 Å². The second-order valence-electron chi connectivity index (χ2n) is 11.4. The Hall–Kier alpha value is -4.02. The van der Waals surface area contributed by atoms with Crippen LogP contribution in [0, 0.1) is 11.3 Å². The van der Waals surface area contributed by atoms with Gasteiger partial charge in [0.1, 0.15) is 5.82 Å². The molecule has 1 saturated carbocycles. The molecule has 2 atom stereocenters. The highest BCUT2D eigenvalue weighted by Gasteiger charge is 2.39. The molecule has 5 aromatic rings. The molecule has 10 heteroatoms. The van der Waals surface area contributed by atoms with E-state index in [0.717, 1.165) is 47.3 Å². The molecular weight excluding hydrogens is 488 g/mol. The third-order valence-electron chi connectivity index (χ3n) is 8.15. The summed E-state index contributed by atoms with van der Waals surface area (Å²) < 4.78 is 1.72. The topological polar surface area (TPSA) is 132 Å². The summed E-state index contributed by atoms with van der Waals surface area (Å²) in [4.78, 5) is 23.8. The summed E-state index contributed by atoms with van der Waals surface area (Å²) >= 11 is 0. The van der Waals surface area contributed by atoms with Crippen LogP contribution >= 0.6 is 0 Å². The van der Waals surface area contributed by atoms with E-state index in [2.05, 4.69) is 44.5 Å². The zero-order chi connectivity index (χ0) is 26.6. The van der Waals surface area contributed by atoms with Crippen molar-refractivity contribution in [3.05, 3.63) is 66.4 Å². The maximum atomic E-state index is 7.13. The lowest BCUT2D eigenvalue weighted by molar-refractivity contribution is 0.128. The Bertz CT molecular complexity index is 1640. The lowest BCUT2D eigenvalue weighted by Gasteiger charge is -2.42. The van der Waals surface area contributed by atoms with Crippen molar-refractivity contribution in [1.82, 2.24) is 39.9 Å². The van der Waals surface area contributed by atoms with Crippen LogP contribution in [-0.4, -0.2) is 47.6 Å². The van der Waals surface area contributed by atoms with E-state index in [0.29, 0.717) is 29.4 Å². The summed E-state index contributed by atoms with van der Waals surface area (Å²) in [6.07, 6.45) is 10.8. The number of hydrogen-bond donors (Lipinski definition) is 3. The van der Waals surface area contributed by atoms with Crippen molar-refractivity contribution < 1.29 is 0 Å². The molecule has 4 N–H and O–H groups in total. The van der Waals surface area contributed by atoms with E-state index in [4.69, 9.17) is 15.7 Å². The Balaban J connectivity index is 1.31. The molecule has 6 heterocycles. The minimum Gasteiger partial charge on any atom is -0.322 e. The maximum Gasteiger partial charge on any atom is 0.248 e. The molecule has 2 aliphatic rings. The van der Waals surface area contributed by atoms with Crippen LogP contribution in [0.2, 0.25) is 0 Å². The summed E-state index contributed by atoms with van der Waals surface area (Å²) in [6, 6.07) is 9.38. The van der Waals surface area contributed by atoms with Gasteiger partial charge in [0.2, 0.25) is 5.95 Å². The molecule has 1 aliphatic carbocycles. The number of rotatable bonds is 6. The number of hydrogen-bond acceptors (Lipinski definition) is 9. The molecule has 0 aromatic carbocycles. The van der Waals surface area contributed by atoms with E-state index in [9.17, 15) is 0 Å². The minimum atomic E-state index is -0.215. The van der Waals surface area contributed by atoms with Crippen molar-refractivity contribution >= 4 is 28.3 Å². The number of pyridine rings is 3. The van der Waals surface area contributed by atoms with Gasteiger partial charge in [0.25, 0.3) is 0 Å². The number of nitrogens with zero attached hydrogens (tertiary/aromatic N) is 7. The number of nitrogens with two attached hydrogens (primary N) is 1. The van der Waals surface area contributed by atoms with Crippen LogP contribution in [0.1, 0.15) is 56.3 Å². The van der Waals surface area contributed by atoms with Gasteiger partial charge in [-0.2, -0.15) is 4.98 Å². The van der Waals surface area contributed by atoms with Crippen molar-refractivity contribution in [2.75, 3.05) is 18.4 Å². The Morgan fingerprint density at radius 3 is 2.82 bits per heavy atom. The summed E-state index contributed by atoms with van der Waals surface area (Å²) in [7, 11) is 0. The van der Waals surface area contributed by atoms with Gasteiger partial charge in [-0.3, -0.25) is 4.98 Å². The van der Waals surface area contributed by atoms with E-state index in [1.807, 2.05) is 48.9 Å². The third kappa shape index (κ3) is 4.49. The molecule has 2 fully saturated rings. The zero-order valence-corrected chi connectivity index (χ0v) is 22.2. The molecule has 39 heavy (non-hydrogen) atoms. The predicted octanol–water partition coefficient (Wildman–Crippen LogP) is 4.39. The fourth-order valence-electron chi connectivity index (χ4n) is 5.90. The first-order valence-corrected chi connectivity index (χ1v) is 13.6. The van der Waals surface area contributed by atoms with Crippen LogP contribution in [-0.2, 0) is 0 Å². The Kier molecular flexibility index (Phi) is 5.75. The smallest absolute Gasteiger partial charge is 0.248 e. The monoisotopic (exact) mass is 520 g/mol. The van der Waals surface area contributed by atoms with E-state index >= 15 is 0 Å². The van der Waals surface area contributed by atoms with Crippen LogP contribution in [0.5, 0.6) is 0 Å². The average molecular weight is 521 g/mol. The summed E-state index contributed by atoms with van der Waals surface area (Å²) in [5, 5.41) is 12.3. The van der Waals surface area contributed by atoms with Gasteiger partial charge in [-0.15, -0.1) is 5.10 Å². The van der Waals surface area contributed by atoms with Crippen molar-refractivity contribution in [2.45, 2.75) is 45.1 Å².